The summed E-state index contributed by atoms with van der Waals surface area (Å²) in [5, 5.41) is 14.6. The lowest BCUT2D eigenvalue weighted by Gasteiger charge is -2.13. The summed E-state index contributed by atoms with van der Waals surface area (Å²) >= 11 is 1.31. The lowest BCUT2D eigenvalue weighted by Crippen LogP contribution is -2.35. The SMILES string of the molecule is Cc1ccc(NC(=O)CSc2ccccc2C(=O)NC(C)CO)cc1. The number of nitrogens with one attached hydrogen (secondary N) is 2. The molecule has 0 aliphatic carbocycles. The van der Waals surface area contributed by atoms with Gasteiger partial charge in [-0.05, 0) is 38.1 Å². The number of aliphatic hydroxyl groups excluding tert-OH is 1. The van der Waals surface area contributed by atoms with Gasteiger partial charge in [0.25, 0.3) is 5.91 Å². The molecule has 0 aliphatic heterocycles. The van der Waals surface area contributed by atoms with E-state index < -0.39 is 0 Å². The Morgan fingerprint density at radius 3 is 2.48 bits per heavy atom. The zero-order chi connectivity index (χ0) is 18.2. The van der Waals surface area contributed by atoms with Crippen molar-refractivity contribution < 1.29 is 14.7 Å². The Bertz CT molecular complexity index is 732. The van der Waals surface area contributed by atoms with Crippen molar-refractivity contribution in [3.8, 4) is 0 Å². The van der Waals surface area contributed by atoms with E-state index in [0.717, 1.165) is 16.1 Å². The summed E-state index contributed by atoms with van der Waals surface area (Å²) in [6, 6.07) is 14.4. The molecule has 6 heteroatoms. The van der Waals surface area contributed by atoms with E-state index in [2.05, 4.69) is 10.6 Å². The van der Waals surface area contributed by atoms with E-state index in [1.807, 2.05) is 43.3 Å². The van der Waals surface area contributed by atoms with E-state index in [1.54, 1.807) is 19.1 Å². The first-order valence-corrected chi connectivity index (χ1v) is 8.98. The maximum atomic E-state index is 12.3. The average molecular weight is 358 g/mol. The molecule has 0 saturated carbocycles. The van der Waals surface area contributed by atoms with Crippen LogP contribution in [0.1, 0.15) is 22.8 Å². The molecule has 0 fully saturated rings. The lowest BCUT2D eigenvalue weighted by molar-refractivity contribution is -0.113. The fourth-order valence-corrected chi connectivity index (χ4v) is 2.95. The second-order valence-electron chi connectivity index (χ2n) is 5.76. The van der Waals surface area contributed by atoms with Crippen molar-refractivity contribution in [2.45, 2.75) is 24.8 Å². The molecule has 132 valence electrons. The second-order valence-corrected chi connectivity index (χ2v) is 6.77. The van der Waals surface area contributed by atoms with Crippen LogP contribution < -0.4 is 10.6 Å². The highest BCUT2D eigenvalue weighted by Crippen LogP contribution is 2.23. The van der Waals surface area contributed by atoms with Gasteiger partial charge in [0.1, 0.15) is 0 Å². The van der Waals surface area contributed by atoms with Gasteiger partial charge in [0.2, 0.25) is 5.91 Å². The maximum Gasteiger partial charge on any atom is 0.252 e. The molecule has 0 radical (unpaired) electrons. The van der Waals surface area contributed by atoms with Gasteiger partial charge in [-0.2, -0.15) is 0 Å². The Balaban J connectivity index is 1.97. The summed E-state index contributed by atoms with van der Waals surface area (Å²) in [6.45, 7) is 3.59. The largest absolute Gasteiger partial charge is 0.394 e. The topological polar surface area (TPSA) is 78.4 Å². The number of amides is 2. The van der Waals surface area contributed by atoms with Crippen LogP contribution in [0.5, 0.6) is 0 Å². The molecule has 0 spiro atoms. The zero-order valence-electron chi connectivity index (χ0n) is 14.3. The fraction of sp³-hybridized carbons (Fsp3) is 0.263. The molecule has 0 aromatic heterocycles. The van der Waals surface area contributed by atoms with E-state index in [-0.39, 0.29) is 30.2 Å². The number of rotatable bonds is 7. The number of thioether (sulfide) groups is 1. The highest BCUT2D eigenvalue weighted by atomic mass is 32.2. The molecule has 0 bridgehead atoms. The molecule has 1 unspecified atom stereocenters. The van der Waals surface area contributed by atoms with Crippen LogP contribution in [-0.2, 0) is 4.79 Å². The molecule has 2 aromatic rings. The predicted octanol–water partition coefficient (Wildman–Crippen LogP) is 2.84. The summed E-state index contributed by atoms with van der Waals surface area (Å²) in [7, 11) is 0. The predicted molar refractivity (Wildman–Crippen MR) is 101 cm³/mol. The fourth-order valence-electron chi connectivity index (χ4n) is 2.10. The lowest BCUT2D eigenvalue weighted by atomic mass is 10.2. The van der Waals surface area contributed by atoms with Crippen molar-refractivity contribution >= 4 is 29.3 Å². The highest BCUT2D eigenvalue weighted by Gasteiger charge is 2.14. The standard InChI is InChI=1S/C19H22N2O3S/c1-13-7-9-15(10-8-13)21-18(23)12-25-17-6-4-3-5-16(17)19(24)20-14(2)11-22/h3-10,14,22H,11-12H2,1-2H3,(H,20,24)(H,21,23). The minimum atomic E-state index is -0.324. The van der Waals surface area contributed by atoms with Crippen LogP contribution in [0.3, 0.4) is 0 Å². The summed E-state index contributed by atoms with van der Waals surface area (Å²) in [5.74, 6) is -0.190. The van der Waals surface area contributed by atoms with Gasteiger partial charge in [-0.1, -0.05) is 29.8 Å². The van der Waals surface area contributed by atoms with Gasteiger partial charge in [-0.3, -0.25) is 9.59 Å². The molecule has 1 atom stereocenters. The molecular weight excluding hydrogens is 336 g/mol. The highest BCUT2D eigenvalue weighted by molar-refractivity contribution is 8.00. The van der Waals surface area contributed by atoms with Crippen LogP contribution in [-0.4, -0.2) is 35.3 Å². The zero-order valence-corrected chi connectivity index (χ0v) is 15.1. The number of carbonyl (C=O) groups excluding carboxylic acids is 2. The minimum absolute atomic E-state index is 0.125. The summed E-state index contributed by atoms with van der Waals surface area (Å²) in [4.78, 5) is 25.1. The molecule has 2 amide bonds. The summed E-state index contributed by atoms with van der Waals surface area (Å²) in [6.07, 6.45) is 0. The third-order valence-electron chi connectivity index (χ3n) is 3.48. The Morgan fingerprint density at radius 1 is 1.12 bits per heavy atom. The molecule has 2 aromatic carbocycles. The molecule has 0 saturated heterocycles. The number of hydrogen-bond donors (Lipinski definition) is 3. The van der Waals surface area contributed by atoms with Gasteiger partial charge in [0.05, 0.1) is 17.9 Å². The first-order valence-electron chi connectivity index (χ1n) is 7.99. The normalized spacial score (nSPS) is 11.6. The molecule has 0 heterocycles. The number of anilines is 1. The van der Waals surface area contributed by atoms with Gasteiger partial charge in [-0.15, -0.1) is 11.8 Å². The van der Waals surface area contributed by atoms with E-state index in [0.29, 0.717) is 5.56 Å². The van der Waals surface area contributed by atoms with Crippen LogP contribution >= 0.6 is 11.8 Å². The van der Waals surface area contributed by atoms with Crippen LogP contribution in [0.2, 0.25) is 0 Å². The molecule has 0 aliphatic rings. The first-order chi connectivity index (χ1) is 12.0. The van der Waals surface area contributed by atoms with E-state index in [9.17, 15) is 9.59 Å². The number of carbonyl (C=O) groups is 2. The van der Waals surface area contributed by atoms with Crippen LogP contribution in [0.4, 0.5) is 5.69 Å². The smallest absolute Gasteiger partial charge is 0.252 e. The molecule has 25 heavy (non-hydrogen) atoms. The van der Waals surface area contributed by atoms with Crippen LogP contribution in [0.15, 0.2) is 53.4 Å². The third kappa shape index (κ3) is 5.92. The van der Waals surface area contributed by atoms with Gasteiger partial charge in [0.15, 0.2) is 0 Å². The number of aryl methyl sites for hydroxylation is 1. The number of aliphatic hydroxyl groups is 1. The van der Waals surface area contributed by atoms with Crippen LogP contribution in [0.25, 0.3) is 0 Å². The van der Waals surface area contributed by atoms with Crippen molar-refractivity contribution in [3.05, 3.63) is 59.7 Å². The van der Waals surface area contributed by atoms with Crippen molar-refractivity contribution in [1.82, 2.24) is 5.32 Å². The Kier molecular flexibility index (Phi) is 7.03. The van der Waals surface area contributed by atoms with Gasteiger partial charge in [0, 0.05) is 16.6 Å². The number of hydrogen-bond acceptors (Lipinski definition) is 4. The first kappa shape index (κ1) is 19.0. The van der Waals surface area contributed by atoms with Crippen molar-refractivity contribution in [3.63, 3.8) is 0 Å². The van der Waals surface area contributed by atoms with Crippen molar-refractivity contribution in [1.29, 1.82) is 0 Å². The Hall–Kier alpha value is -2.31. The van der Waals surface area contributed by atoms with Crippen molar-refractivity contribution in [2.24, 2.45) is 0 Å². The third-order valence-corrected chi connectivity index (χ3v) is 4.55. The van der Waals surface area contributed by atoms with Crippen molar-refractivity contribution in [2.75, 3.05) is 17.7 Å². The minimum Gasteiger partial charge on any atom is -0.394 e. The maximum absolute atomic E-state index is 12.3. The van der Waals surface area contributed by atoms with E-state index in [4.69, 9.17) is 5.11 Å². The van der Waals surface area contributed by atoms with Crippen LogP contribution in [0, 0.1) is 6.92 Å². The molecule has 5 nitrogen and oxygen atoms in total. The Labute approximate surface area is 151 Å². The summed E-state index contributed by atoms with van der Waals surface area (Å²) < 4.78 is 0. The van der Waals surface area contributed by atoms with E-state index in [1.165, 1.54) is 11.8 Å². The van der Waals surface area contributed by atoms with Gasteiger partial charge in [-0.25, -0.2) is 0 Å². The quantitative estimate of drug-likeness (QED) is 0.665. The molecular formula is C19H22N2O3S. The summed E-state index contributed by atoms with van der Waals surface area (Å²) in [5.41, 5.74) is 2.37. The van der Waals surface area contributed by atoms with Gasteiger partial charge >= 0.3 is 0 Å². The monoisotopic (exact) mass is 358 g/mol. The second kappa shape index (κ2) is 9.25. The van der Waals surface area contributed by atoms with Gasteiger partial charge < -0.3 is 15.7 Å². The average Bonchev–Trinajstić information content (AvgIpc) is 2.62. The van der Waals surface area contributed by atoms with E-state index >= 15 is 0 Å². The molecule has 2 rings (SSSR count). The Morgan fingerprint density at radius 2 is 1.80 bits per heavy atom. The number of benzene rings is 2. The molecule has 3 N–H and O–H groups in total.